The van der Waals surface area contributed by atoms with Gasteiger partial charge in [0.05, 0.1) is 6.04 Å². The van der Waals surface area contributed by atoms with E-state index in [0.29, 0.717) is 5.92 Å². The van der Waals surface area contributed by atoms with E-state index in [1.807, 2.05) is 30.3 Å². The van der Waals surface area contributed by atoms with Crippen molar-refractivity contribution < 1.29 is 0 Å². The number of benzene rings is 1. The minimum absolute atomic E-state index is 0.0950. The Bertz CT molecular complexity index is 628. The van der Waals surface area contributed by atoms with Gasteiger partial charge in [-0.25, -0.2) is 9.97 Å². The first-order valence-electron chi connectivity index (χ1n) is 6.69. The smallest absolute Gasteiger partial charge is 0.135 e. The summed E-state index contributed by atoms with van der Waals surface area (Å²) < 4.78 is 0.822. The summed E-state index contributed by atoms with van der Waals surface area (Å²) in [6.07, 6.45) is 2.38. The van der Waals surface area contributed by atoms with E-state index in [2.05, 4.69) is 38.1 Å². The Morgan fingerprint density at radius 1 is 1.30 bits per heavy atom. The Hall–Kier alpha value is -1.13. The van der Waals surface area contributed by atoms with Gasteiger partial charge in [0.25, 0.3) is 0 Å². The normalized spacial score (nSPS) is 15.9. The number of aromatic nitrogens is 2. The Kier molecular flexibility index (Phi) is 3.94. The summed E-state index contributed by atoms with van der Waals surface area (Å²) >= 11 is 9.68. The van der Waals surface area contributed by atoms with Gasteiger partial charge in [-0.15, -0.1) is 0 Å². The third-order valence-corrected chi connectivity index (χ3v) is 4.14. The average molecular weight is 353 g/mol. The second-order valence-corrected chi connectivity index (χ2v) is 6.32. The average Bonchev–Trinajstić information content (AvgIpc) is 3.22. The largest absolute Gasteiger partial charge is 0.363 e. The molecule has 1 N–H and O–H groups in total. The van der Waals surface area contributed by atoms with E-state index in [4.69, 9.17) is 11.6 Å². The summed E-state index contributed by atoms with van der Waals surface area (Å²) in [5, 5.41) is 4.16. The maximum absolute atomic E-state index is 6.23. The standard InChI is InChI=1S/C15H15BrClN3/c1-9(11-4-2-3-5-12(11)17)18-14-8-13(16)19-15(20-14)10-6-7-10/h2-5,8-10H,6-7H2,1H3,(H,18,19,20). The molecular weight excluding hydrogens is 338 g/mol. The van der Waals surface area contributed by atoms with Gasteiger partial charge >= 0.3 is 0 Å². The van der Waals surface area contributed by atoms with Crippen LogP contribution >= 0.6 is 27.5 Å². The topological polar surface area (TPSA) is 37.8 Å². The van der Waals surface area contributed by atoms with E-state index < -0.39 is 0 Å². The fraction of sp³-hybridized carbons (Fsp3) is 0.333. The molecule has 0 saturated heterocycles. The van der Waals surface area contributed by atoms with Crippen molar-refractivity contribution in [3.05, 3.63) is 51.3 Å². The van der Waals surface area contributed by atoms with Crippen molar-refractivity contribution >= 4 is 33.3 Å². The molecule has 1 aliphatic carbocycles. The lowest BCUT2D eigenvalue weighted by atomic mass is 10.1. The van der Waals surface area contributed by atoms with Crippen molar-refractivity contribution in [2.24, 2.45) is 0 Å². The molecule has 1 aromatic heterocycles. The number of hydrogen-bond donors (Lipinski definition) is 1. The van der Waals surface area contributed by atoms with Crippen molar-refractivity contribution in [2.75, 3.05) is 5.32 Å². The lowest BCUT2D eigenvalue weighted by molar-refractivity contribution is 0.850. The summed E-state index contributed by atoms with van der Waals surface area (Å²) in [5.41, 5.74) is 1.07. The van der Waals surface area contributed by atoms with E-state index in [9.17, 15) is 0 Å². The molecule has 1 unspecified atom stereocenters. The first kappa shape index (κ1) is 13.8. The first-order valence-corrected chi connectivity index (χ1v) is 7.86. The van der Waals surface area contributed by atoms with Crippen molar-refractivity contribution in [3.8, 4) is 0 Å². The maximum Gasteiger partial charge on any atom is 0.135 e. The van der Waals surface area contributed by atoms with Crippen LogP contribution in [0.25, 0.3) is 0 Å². The maximum atomic E-state index is 6.23. The number of nitrogens with zero attached hydrogens (tertiary/aromatic N) is 2. The third kappa shape index (κ3) is 3.13. The van der Waals surface area contributed by atoms with Crippen LogP contribution in [0, 0.1) is 0 Å². The number of nitrogens with one attached hydrogen (secondary N) is 1. The summed E-state index contributed by atoms with van der Waals surface area (Å²) in [7, 11) is 0. The molecule has 1 atom stereocenters. The lowest BCUT2D eigenvalue weighted by Gasteiger charge is -2.16. The van der Waals surface area contributed by atoms with Crippen LogP contribution in [0.3, 0.4) is 0 Å². The number of halogens is 2. The van der Waals surface area contributed by atoms with Gasteiger partial charge in [0.2, 0.25) is 0 Å². The summed E-state index contributed by atoms with van der Waals surface area (Å²) in [6.45, 7) is 2.08. The van der Waals surface area contributed by atoms with Gasteiger partial charge in [-0.1, -0.05) is 29.8 Å². The Morgan fingerprint density at radius 2 is 2.05 bits per heavy atom. The second-order valence-electron chi connectivity index (χ2n) is 5.10. The molecule has 20 heavy (non-hydrogen) atoms. The van der Waals surface area contributed by atoms with E-state index in [1.165, 1.54) is 12.8 Å². The van der Waals surface area contributed by atoms with E-state index in [1.54, 1.807) is 0 Å². The van der Waals surface area contributed by atoms with E-state index >= 15 is 0 Å². The molecule has 0 aliphatic heterocycles. The Balaban J connectivity index is 1.82. The van der Waals surface area contributed by atoms with Gasteiger partial charge in [0.15, 0.2) is 0 Å². The molecule has 1 fully saturated rings. The van der Waals surface area contributed by atoms with E-state index in [0.717, 1.165) is 26.8 Å². The molecule has 1 saturated carbocycles. The minimum Gasteiger partial charge on any atom is -0.363 e. The monoisotopic (exact) mass is 351 g/mol. The summed E-state index contributed by atoms with van der Waals surface area (Å²) in [5.74, 6) is 2.29. The van der Waals surface area contributed by atoms with Crippen LogP contribution in [0.1, 0.15) is 43.1 Å². The highest BCUT2D eigenvalue weighted by molar-refractivity contribution is 9.10. The SMILES string of the molecule is CC(Nc1cc(Br)nc(C2CC2)n1)c1ccccc1Cl. The molecule has 104 valence electrons. The molecule has 0 amide bonds. The number of anilines is 1. The number of hydrogen-bond acceptors (Lipinski definition) is 3. The van der Waals surface area contributed by atoms with Crippen LogP contribution in [0.15, 0.2) is 34.9 Å². The quantitative estimate of drug-likeness (QED) is 0.792. The van der Waals surface area contributed by atoms with Crippen LogP contribution in [0.2, 0.25) is 5.02 Å². The molecule has 0 bridgehead atoms. The highest BCUT2D eigenvalue weighted by Gasteiger charge is 2.27. The van der Waals surface area contributed by atoms with E-state index in [-0.39, 0.29) is 6.04 Å². The molecule has 3 rings (SSSR count). The lowest BCUT2D eigenvalue weighted by Crippen LogP contribution is -2.10. The van der Waals surface area contributed by atoms with Gasteiger partial charge in [0, 0.05) is 17.0 Å². The minimum atomic E-state index is 0.0950. The molecule has 1 heterocycles. The molecular formula is C15H15BrClN3. The van der Waals surface area contributed by atoms with Crippen LogP contribution in [-0.2, 0) is 0 Å². The van der Waals surface area contributed by atoms with Gasteiger partial charge in [-0.05, 0) is 47.3 Å². The molecule has 2 aromatic rings. The Morgan fingerprint density at radius 3 is 2.75 bits per heavy atom. The van der Waals surface area contributed by atoms with Crippen LogP contribution < -0.4 is 5.32 Å². The van der Waals surface area contributed by atoms with Crippen molar-refractivity contribution in [1.82, 2.24) is 9.97 Å². The van der Waals surface area contributed by atoms with Crippen LogP contribution in [0.5, 0.6) is 0 Å². The van der Waals surface area contributed by atoms with Gasteiger partial charge in [-0.3, -0.25) is 0 Å². The zero-order valence-electron chi connectivity index (χ0n) is 11.1. The predicted octanol–water partition coefficient (Wildman–Crippen LogP) is 4.94. The fourth-order valence-electron chi connectivity index (χ4n) is 2.16. The zero-order valence-corrected chi connectivity index (χ0v) is 13.4. The van der Waals surface area contributed by atoms with Crippen molar-refractivity contribution in [3.63, 3.8) is 0 Å². The Labute approximate surface area is 131 Å². The highest BCUT2D eigenvalue weighted by atomic mass is 79.9. The summed E-state index contributed by atoms with van der Waals surface area (Å²) in [4.78, 5) is 9.03. The van der Waals surface area contributed by atoms with Crippen LogP contribution in [0.4, 0.5) is 5.82 Å². The fourth-order valence-corrected chi connectivity index (χ4v) is 2.86. The molecule has 1 aliphatic rings. The van der Waals surface area contributed by atoms with Gasteiger partial charge < -0.3 is 5.32 Å². The molecule has 5 heteroatoms. The first-order chi connectivity index (χ1) is 9.63. The van der Waals surface area contributed by atoms with Crippen LogP contribution in [-0.4, -0.2) is 9.97 Å². The zero-order chi connectivity index (χ0) is 14.1. The molecule has 3 nitrogen and oxygen atoms in total. The summed E-state index contributed by atoms with van der Waals surface area (Å²) in [6, 6.07) is 9.85. The van der Waals surface area contributed by atoms with Gasteiger partial charge in [0.1, 0.15) is 16.2 Å². The second kappa shape index (κ2) is 5.70. The molecule has 0 radical (unpaired) electrons. The van der Waals surface area contributed by atoms with Crippen molar-refractivity contribution in [1.29, 1.82) is 0 Å². The number of rotatable bonds is 4. The highest BCUT2D eigenvalue weighted by Crippen LogP contribution is 2.39. The molecule has 1 aromatic carbocycles. The van der Waals surface area contributed by atoms with Crippen molar-refractivity contribution in [2.45, 2.75) is 31.7 Å². The predicted molar refractivity (Wildman–Crippen MR) is 85.2 cm³/mol. The van der Waals surface area contributed by atoms with Gasteiger partial charge in [-0.2, -0.15) is 0 Å². The molecule has 0 spiro atoms. The third-order valence-electron chi connectivity index (χ3n) is 3.39.